The third-order valence-electron chi connectivity index (χ3n) is 4.99. The lowest BCUT2D eigenvalue weighted by Gasteiger charge is -2.34. The SMILES string of the molecule is CCC1(C)CC(=O)c2c(ccc3oc(C(=O)NCCCOC)c(C)c23)O1. The summed E-state index contributed by atoms with van der Waals surface area (Å²) >= 11 is 0. The van der Waals surface area contributed by atoms with Gasteiger partial charge in [0.2, 0.25) is 0 Å². The van der Waals surface area contributed by atoms with Crippen LogP contribution in [0.3, 0.4) is 0 Å². The van der Waals surface area contributed by atoms with Crippen molar-refractivity contribution in [2.45, 2.75) is 45.6 Å². The molecule has 0 fully saturated rings. The van der Waals surface area contributed by atoms with E-state index in [1.165, 1.54) is 0 Å². The Morgan fingerprint density at radius 1 is 1.38 bits per heavy atom. The van der Waals surface area contributed by atoms with Crippen LogP contribution in [0.25, 0.3) is 11.0 Å². The standard InChI is InChI=1S/C20H25NO5/c1-5-20(3)11-13(22)17-15(26-20)8-7-14-16(17)12(2)18(25-14)19(23)21-9-6-10-24-4/h7-8H,5-6,9-11H2,1-4H3,(H,21,23). The molecule has 26 heavy (non-hydrogen) atoms. The molecule has 1 amide bonds. The second-order valence-electron chi connectivity index (χ2n) is 6.98. The summed E-state index contributed by atoms with van der Waals surface area (Å²) < 4.78 is 16.8. The molecule has 0 radical (unpaired) electrons. The van der Waals surface area contributed by atoms with Crippen LogP contribution in [0.4, 0.5) is 0 Å². The van der Waals surface area contributed by atoms with E-state index in [9.17, 15) is 9.59 Å². The van der Waals surface area contributed by atoms with Gasteiger partial charge in [0.05, 0.1) is 12.0 Å². The number of carbonyl (C=O) groups excluding carboxylic acids is 2. The number of rotatable bonds is 6. The maximum atomic E-state index is 12.8. The van der Waals surface area contributed by atoms with Crippen LogP contribution < -0.4 is 10.1 Å². The zero-order valence-electron chi connectivity index (χ0n) is 15.7. The highest BCUT2D eigenvalue weighted by molar-refractivity contribution is 6.13. The number of aryl methyl sites for hydroxylation is 1. The summed E-state index contributed by atoms with van der Waals surface area (Å²) in [5, 5.41) is 3.49. The van der Waals surface area contributed by atoms with Crippen molar-refractivity contribution in [3.63, 3.8) is 0 Å². The van der Waals surface area contributed by atoms with E-state index in [0.29, 0.717) is 47.4 Å². The largest absolute Gasteiger partial charge is 0.486 e. The predicted molar refractivity (Wildman–Crippen MR) is 98.0 cm³/mol. The van der Waals surface area contributed by atoms with Gasteiger partial charge in [-0.05, 0) is 38.8 Å². The Morgan fingerprint density at radius 2 is 2.15 bits per heavy atom. The Morgan fingerprint density at radius 3 is 2.85 bits per heavy atom. The number of ether oxygens (including phenoxy) is 2. The van der Waals surface area contributed by atoms with Crippen molar-refractivity contribution in [3.8, 4) is 5.75 Å². The van der Waals surface area contributed by atoms with Gasteiger partial charge in [-0.3, -0.25) is 9.59 Å². The number of hydrogen-bond donors (Lipinski definition) is 1. The molecule has 1 aromatic carbocycles. The Labute approximate surface area is 152 Å². The van der Waals surface area contributed by atoms with Gasteiger partial charge in [-0.1, -0.05) is 6.92 Å². The molecule has 6 heteroatoms. The van der Waals surface area contributed by atoms with Gasteiger partial charge in [0.15, 0.2) is 11.5 Å². The topological polar surface area (TPSA) is 77.8 Å². The first-order valence-corrected chi connectivity index (χ1v) is 8.95. The van der Waals surface area contributed by atoms with E-state index in [1.54, 1.807) is 26.2 Å². The lowest BCUT2D eigenvalue weighted by atomic mass is 9.87. The number of Topliss-reactive ketones (excluding diaryl/α,β-unsaturated/α-hetero) is 1. The second-order valence-corrected chi connectivity index (χ2v) is 6.98. The number of nitrogens with one attached hydrogen (secondary N) is 1. The first-order chi connectivity index (χ1) is 12.4. The lowest BCUT2D eigenvalue weighted by molar-refractivity contribution is 0.0503. The summed E-state index contributed by atoms with van der Waals surface area (Å²) in [6, 6.07) is 3.52. The Hall–Kier alpha value is -2.34. The van der Waals surface area contributed by atoms with Crippen LogP contribution in [-0.2, 0) is 4.74 Å². The summed E-state index contributed by atoms with van der Waals surface area (Å²) in [6.45, 7) is 6.83. The van der Waals surface area contributed by atoms with Crippen LogP contribution in [0, 0.1) is 6.92 Å². The zero-order chi connectivity index (χ0) is 18.9. The van der Waals surface area contributed by atoms with Gasteiger partial charge in [0.25, 0.3) is 5.91 Å². The number of ketones is 1. The van der Waals surface area contributed by atoms with E-state index in [2.05, 4.69) is 5.32 Å². The summed E-state index contributed by atoms with van der Waals surface area (Å²) in [5.74, 6) is 0.541. The number of furan rings is 1. The molecule has 2 heterocycles. The van der Waals surface area contributed by atoms with Crippen LogP contribution in [0.15, 0.2) is 16.5 Å². The van der Waals surface area contributed by atoms with E-state index >= 15 is 0 Å². The van der Waals surface area contributed by atoms with Gasteiger partial charge in [-0.15, -0.1) is 0 Å². The van der Waals surface area contributed by atoms with Crippen LogP contribution in [-0.4, -0.2) is 37.6 Å². The van der Waals surface area contributed by atoms with Crippen molar-refractivity contribution >= 4 is 22.7 Å². The first kappa shape index (κ1) is 18.5. The van der Waals surface area contributed by atoms with Crippen molar-refractivity contribution in [3.05, 3.63) is 29.0 Å². The highest BCUT2D eigenvalue weighted by Gasteiger charge is 2.37. The number of hydrogen-bond acceptors (Lipinski definition) is 5. The number of fused-ring (bicyclic) bond motifs is 3. The minimum atomic E-state index is -0.489. The van der Waals surface area contributed by atoms with E-state index in [4.69, 9.17) is 13.9 Å². The molecule has 2 aromatic rings. The van der Waals surface area contributed by atoms with Crippen LogP contribution in [0.5, 0.6) is 5.75 Å². The van der Waals surface area contributed by atoms with E-state index in [-0.39, 0.29) is 17.5 Å². The Balaban J connectivity index is 1.97. The fourth-order valence-electron chi connectivity index (χ4n) is 3.33. The Kier molecular flexibility index (Phi) is 5.05. The molecule has 1 atom stereocenters. The molecule has 3 rings (SSSR count). The first-order valence-electron chi connectivity index (χ1n) is 8.95. The normalized spacial score (nSPS) is 19.3. The van der Waals surface area contributed by atoms with E-state index < -0.39 is 5.60 Å². The van der Waals surface area contributed by atoms with Crippen LogP contribution in [0.1, 0.15) is 59.6 Å². The molecular formula is C20H25NO5. The van der Waals surface area contributed by atoms with E-state index in [0.717, 1.165) is 12.8 Å². The molecule has 0 saturated carbocycles. The van der Waals surface area contributed by atoms with Gasteiger partial charge < -0.3 is 19.2 Å². The molecule has 140 valence electrons. The minimum absolute atomic E-state index is 0.0251. The maximum Gasteiger partial charge on any atom is 0.287 e. The number of amides is 1. The number of methoxy groups -OCH3 is 1. The maximum absolute atomic E-state index is 12.8. The summed E-state index contributed by atoms with van der Waals surface area (Å²) in [7, 11) is 1.62. The highest BCUT2D eigenvalue weighted by atomic mass is 16.5. The number of benzene rings is 1. The predicted octanol–water partition coefficient (Wildman–Crippen LogP) is 3.64. The fraction of sp³-hybridized carbons (Fsp3) is 0.500. The van der Waals surface area contributed by atoms with Gasteiger partial charge in [-0.2, -0.15) is 0 Å². The van der Waals surface area contributed by atoms with Crippen molar-refractivity contribution < 1.29 is 23.5 Å². The average molecular weight is 359 g/mol. The second kappa shape index (κ2) is 7.11. The van der Waals surface area contributed by atoms with Crippen molar-refractivity contribution in [2.24, 2.45) is 0 Å². The molecule has 1 aliphatic rings. The van der Waals surface area contributed by atoms with Crippen molar-refractivity contribution in [1.29, 1.82) is 0 Å². The third-order valence-corrected chi connectivity index (χ3v) is 4.99. The fourth-order valence-corrected chi connectivity index (χ4v) is 3.33. The molecule has 1 aromatic heterocycles. The molecular weight excluding hydrogens is 334 g/mol. The van der Waals surface area contributed by atoms with Crippen LogP contribution >= 0.6 is 0 Å². The minimum Gasteiger partial charge on any atom is -0.486 e. The smallest absolute Gasteiger partial charge is 0.287 e. The molecule has 0 saturated heterocycles. The molecule has 1 N–H and O–H groups in total. The molecule has 1 aliphatic heterocycles. The summed E-state index contributed by atoms with van der Waals surface area (Å²) in [6.07, 6.45) is 1.79. The molecule has 1 unspecified atom stereocenters. The number of carbonyl (C=O) groups is 2. The van der Waals surface area contributed by atoms with Crippen molar-refractivity contribution in [1.82, 2.24) is 5.32 Å². The molecule has 0 spiro atoms. The van der Waals surface area contributed by atoms with Crippen molar-refractivity contribution in [2.75, 3.05) is 20.3 Å². The van der Waals surface area contributed by atoms with Gasteiger partial charge in [0, 0.05) is 31.2 Å². The van der Waals surface area contributed by atoms with Gasteiger partial charge >= 0.3 is 0 Å². The van der Waals surface area contributed by atoms with Gasteiger partial charge in [0.1, 0.15) is 16.9 Å². The zero-order valence-corrected chi connectivity index (χ0v) is 15.7. The monoisotopic (exact) mass is 359 g/mol. The summed E-state index contributed by atoms with van der Waals surface area (Å²) in [4.78, 5) is 25.2. The molecule has 0 aliphatic carbocycles. The van der Waals surface area contributed by atoms with Crippen LogP contribution in [0.2, 0.25) is 0 Å². The molecule has 6 nitrogen and oxygen atoms in total. The van der Waals surface area contributed by atoms with E-state index in [1.807, 2.05) is 13.8 Å². The lowest BCUT2D eigenvalue weighted by Crippen LogP contribution is -2.38. The third kappa shape index (κ3) is 3.21. The highest BCUT2D eigenvalue weighted by Crippen LogP contribution is 2.41. The Bertz CT molecular complexity index is 853. The summed E-state index contributed by atoms with van der Waals surface area (Å²) in [5.41, 5.74) is 1.23. The quantitative estimate of drug-likeness (QED) is 0.797. The van der Waals surface area contributed by atoms with Gasteiger partial charge in [-0.25, -0.2) is 0 Å². The molecule has 0 bridgehead atoms. The average Bonchev–Trinajstić information content (AvgIpc) is 2.95.